The number of aryl methyl sites for hydroxylation is 1. The molecule has 16 heavy (non-hydrogen) atoms. The van der Waals surface area contributed by atoms with Gasteiger partial charge in [-0.3, -0.25) is 9.78 Å². The highest BCUT2D eigenvalue weighted by Crippen LogP contribution is 2.04. The van der Waals surface area contributed by atoms with E-state index >= 15 is 0 Å². The van der Waals surface area contributed by atoms with Crippen LogP contribution in [0.25, 0.3) is 0 Å². The van der Waals surface area contributed by atoms with Gasteiger partial charge in [-0.1, -0.05) is 13.0 Å². The number of nitrogens with zero attached hydrogens (tertiary/aromatic N) is 1. The lowest BCUT2D eigenvalue weighted by molar-refractivity contribution is -0.136. The number of pyridine rings is 1. The molecule has 1 unspecified atom stereocenters. The Kier molecular flexibility index (Phi) is 4.92. The van der Waals surface area contributed by atoms with Gasteiger partial charge in [-0.05, 0) is 25.0 Å². The average Bonchev–Trinajstić information content (AvgIpc) is 2.26. The lowest BCUT2D eigenvalue weighted by atomic mass is 10.1. The minimum atomic E-state index is -0.824. The third-order valence-corrected chi connectivity index (χ3v) is 2.46. The smallest absolute Gasteiger partial charge is 0.317 e. The molecule has 0 radical (unpaired) electrons. The number of aromatic nitrogens is 1. The van der Waals surface area contributed by atoms with Gasteiger partial charge >= 0.3 is 5.97 Å². The fraction of sp³-hybridized carbons (Fsp3) is 0.500. The third kappa shape index (κ3) is 4.40. The lowest BCUT2D eigenvalue weighted by Gasteiger charge is -2.15. The minimum Gasteiger partial charge on any atom is -0.480 e. The summed E-state index contributed by atoms with van der Waals surface area (Å²) in [5.74, 6) is -0.824. The normalized spacial score (nSPS) is 12.4. The molecule has 4 heteroatoms. The zero-order chi connectivity index (χ0) is 12.0. The number of hydrogen-bond donors (Lipinski definition) is 2. The van der Waals surface area contributed by atoms with E-state index in [1.54, 1.807) is 0 Å². The Labute approximate surface area is 95.7 Å². The van der Waals surface area contributed by atoms with Crippen molar-refractivity contribution in [3.8, 4) is 0 Å². The van der Waals surface area contributed by atoms with Crippen LogP contribution in [-0.2, 0) is 11.2 Å². The maximum atomic E-state index is 10.4. The van der Waals surface area contributed by atoms with Crippen molar-refractivity contribution < 1.29 is 9.90 Å². The first kappa shape index (κ1) is 12.6. The molecule has 0 aliphatic carbocycles. The number of aliphatic carboxylic acids is 1. The molecule has 0 aromatic carbocycles. The van der Waals surface area contributed by atoms with Gasteiger partial charge in [0.05, 0.1) is 6.54 Å². The van der Waals surface area contributed by atoms with E-state index in [1.165, 1.54) is 0 Å². The van der Waals surface area contributed by atoms with Crippen molar-refractivity contribution >= 4 is 5.97 Å². The number of hydrogen-bond acceptors (Lipinski definition) is 3. The molecule has 1 atom stereocenters. The van der Waals surface area contributed by atoms with Crippen LogP contribution < -0.4 is 5.32 Å². The quantitative estimate of drug-likeness (QED) is 0.763. The van der Waals surface area contributed by atoms with Gasteiger partial charge in [0, 0.05) is 24.4 Å². The molecule has 0 fully saturated rings. The molecule has 1 rings (SSSR count). The molecule has 0 amide bonds. The summed E-state index contributed by atoms with van der Waals surface area (Å²) in [7, 11) is 0. The molecule has 0 bridgehead atoms. The van der Waals surface area contributed by atoms with E-state index in [4.69, 9.17) is 5.11 Å². The van der Waals surface area contributed by atoms with E-state index < -0.39 is 5.97 Å². The van der Waals surface area contributed by atoms with Gasteiger partial charge in [0.25, 0.3) is 0 Å². The molecule has 4 nitrogen and oxygen atoms in total. The summed E-state index contributed by atoms with van der Waals surface area (Å²) >= 11 is 0. The van der Waals surface area contributed by atoms with Crippen LogP contribution in [0.15, 0.2) is 18.3 Å². The van der Waals surface area contributed by atoms with E-state index in [1.807, 2.05) is 32.2 Å². The summed E-state index contributed by atoms with van der Waals surface area (Å²) in [6, 6.07) is 4.18. The summed E-state index contributed by atoms with van der Waals surface area (Å²) in [6.07, 6.45) is 3.49. The maximum absolute atomic E-state index is 10.4. The first-order valence-electron chi connectivity index (χ1n) is 5.48. The Morgan fingerprint density at radius 3 is 2.81 bits per heavy atom. The molecule has 1 aromatic heterocycles. The molecule has 0 aliphatic heterocycles. The molecule has 0 saturated heterocycles. The highest BCUT2D eigenvalue weighted by molar-refractivity contribution is 5.69. The fourth-order valence-electron chi connectivity index (χ4n) is 1.46. The van der Waals surface area contributed by atoms with Crippen LogP contribution in [0.3, 0.4) is 0 Å². The molecular formula is C12H18N2O2. The average molecular weight is 222 g/mol. The van der Waals surface area contributed by atoms with Crippen molar-refractivity contribution in [2.24, 2.45) is 0 Å². The summed E-state index contributed by atoms with van der Waals surface area (Å²) < 4.78 is 0. The Morgan fingerprint density at radius 1 is 1.56 bits per heavy atom. The van der Waals surface area contributed by atoms with Crippen molar-refractivity contribution in [1.82, 2.24) is 10.3 Å². The van der Waals surface area contributed by atoms with E-state index in [0.29, 0.717) is 0 Å². The van der Waals surface area contributed by atoms with E-state index in [9.17, 15) is 4.79 Å². The van der Waals surface area contributed by atoms with Crippen LogP contribution in [0.4, 0.5) is 0 Å². The second-order valence-corrected chi connectivity index (χ2v) is 3.91. The molecule has 1 heterocycles. The SMILES string of the molecule is CCC(Cc1ccc(C)cn1)NCC(=O)O. The number of carboxylic acids is 1. The molecule has 2 N–H and O–H groups in total. The second-order valence-electron chi connectivity index (χ2n) is 3.91. The van der Waals surface area contributed by atoms with Gasteiger partial charge in [0.2, 0.25) is 0 Å². The maximum Gasteiger partial charge on any atom is 0.317 e. The van der Waals surface area contributed by atoms with Crippen LogP contribution in [0.1, 0.15) is 24.6 Å². The van der Waals surface area contributed by atoms with Crippen molar-refractivity contribution in [1.29, 1.82) is 0 Å². The van der Waals surface area contributed by atoms with Crippen molar-refractivity contribution in [3.05, 3.63) is 29.6 Å². The van der Waals surface area contributed by atoms with Gasteiger partial charge in [-0.25, -0.2) is 0 Å². The minimum absolute atomic E-state index is 0.00433. The second kappa shape index (κ2) is 6.23. The Morgan fingerprint density at radius 2 is 2.31 bits per heavy atom. The number of carbonyl (C=O) groups is 1. The topological polar surface area (TPSA) is 62.2 Å². The zero-order valence-corrected chi connectivity index (χ0v) is 9.73. The molecule has 0 spiro atoms. The van der Waals surface area contributed by atoms with Crippen LogP contribution in [0.2, 0.25) is 0 Å². The van der Waals surface area contributed by atoms with Crippen molar-refractivity contribution in [2.45, 2.75) is 32.7 Å². The van der Waals surface area contributed by atoms with Gasteiger partial charge in [0.1, 0.15) is 0 Å². The highest BCUT2D eigenvalue weighted by atomic mass is 16.4. The molecule has 1 aromatic rings. The Bertz CT molecular complexity index is 335. The summed E-state index contributed by atoms with van der Waals surface area (Å²) in [6.45, 7) is 4.04. The molecule has 0 aliphatic rings. The van der Waals surface area contributed by atoms with E-state index in [2.05, 4.69) is 10.3 Å². The van der Waals surface area contributed by atoms with Gasteiger partial charge in [-0.15, -0.1) is 0 Å². The van der Waals surface area contributed by atoms with Gasteiger partial charge in [0.15, 0.2) is 0 Å². The van der Waals surface area contributed by atoms with Gasteiger partial charge in [-0.2, -0.15) is 0 Å². The predicted octanol–water partition coefficient (Wildman–Crippen LogP) is 1.39. The van der Waals surface area contributed by atoms with Gasteiger partial charge < -0.3 is 10.4 Å². The summed E-state index contributed by atoms with van der Waals surface area (Å²) in [5, 5.41) is 11.6. The molecular weight excluding hydrogens is 204 g/mol. The number of rotatable bonds is 6. The van der Waals surface area contributed by atoms with E-state index in [0.717, 1.165) is 24.1 Å². The summed E-state index contributed by atoms with van der Waals surface area (Å²) in [4.78, 5) is 14.7. The largest absolute Gasteiger partial charge is 0.480 e. The first-order chi connectivity index (χ1) is 7.61. The number of nitrogens with one attached hydrogen (secondary N) is 1. The zero-order valence-electron chi connectivity index (χ0n) is 9.73. The first-order valence-corrected chi connectivity index (χ1v) is 5.48. The van der Waals surface area contributed by atoms with Crippen LogP contribution in [0.5, 0.6) is 0 Å². The third-order valence-electron chi connectivity index (χ3n) is 2.46. The Balaban J connectivity index is 2.49. The summed E-state index contributed by atoms with van der Waals surface area (Å²) in [5.41, 5.74) is 2.13. The molecule has 0 saturated carbocycles. The fourth-order valence-corrected chi connectivity index (χ4v) is 1.46. The van der Waals surface area contributed by atoms with Crippen LogP contribution in [0, 0.1) is 6.92 Å². The lowest BCUT2D eigenvalue weighted by Crippen LogP contribution is -2.34. The van der Waals surface area contributed by atoms with E-state index in [-0.39, 0.29) is 12.6 Å². The standard InChI is InChI=1S/C12H18N2O2/c1-3-10(14-8-12(15)16)6-11-5-4-9(2)7-13-11/h4-5,7,10,14H,3,6,8H2,1-2H3,(H,15,16). The predicted molar refractivity (Wildman–Crippen MR) is 62.4 cm³/mol. The monoisotopic (exact) mass is 222 g/mol. The Hall–Kier alpha value is -1.42. The van der Waals surface area contributed by atoms with Crippen molar-refractivity contribution in [2.75, 3.05) is 6.54 Å². The van der Waals surface area contributed by atoms with Crippen molar-refractivity contribution in [3.63, 3.8) is 0 Å². The van der Waals surface area contributed by atoms with Crippen LogP contribution >= 0.6 is 0 Å². The van der Waals surface area contributed by atoms with Crippen LogP contribution in [-0.4, -0.2) is 28.6 Å². The molecule has 88 valence electrons. The highest BCUT2D eigenvalue weighted by Gasteiger charge is 2.09. The number of carboxylic acid groups (broad SMARTS) is 1.